The van der Waals surface area contributed by atoms with Crippen molar-refractivity contribution in [2.45, 2.75) is 25.8 Å². The highest BCUT2D eigenvalue weighted by Gasteiger charge is 2.21. The summed E-state index contributed by atoms with van der Waals surface area (Å²) < 4.78 is 30.5. The first-order valence-corrected chi connectivity index (χ1v) is 5.48. The van der Waals surface area contributed by atoms with Crippen molar-refractivity contribution in [3.05, 3.63) is 35.7 Å². The zero-order chi connectivity index (χ0) is 13.2. The molecule has 0 saturated carbocycles. The molecule has 2 rings (SSSR count). The topological polar surface area (TPSA) is 64.9 Å². The maximum Gasteiger partial charge on any atom is 0.249 e. The van der Waals surface area contributed by atoms with Crippen molar-refractivity contribution in [2.24, 2.45) is 5.73 Å². The van der Waals surface area contributed by atoms with Gasteiger partial charge < -0.3 is 10.3 Å². The van der Waals surface area contributed by atoms with Gasteiger partial charge in [0.2, 0.25) is 17.6 Å². The largest absolute Gasteiger partial charge is 0.338 e. The lowest BCUT2D eigenvalue weighted by Crippen LogP contribution is -2.13. The molecule has 0 atom stereocenters. The van der Waals surface area contributed by atoms with Crippen LogP contribution >= 0.6 is 0 Å². The summed E-state index contributed by atoms with van der Waals surface area (Å²) in [5, 5.41) is 3.75. The second kappa shape index (κ2) is 4.81. The van der Waals surface area contributed by atoms with Gasteiger partial charge in [-0.2, -0.15) is 4.98 Å². The monoisotopic (exact) mass is 253 g/mol. The molecule has 0 fully saturated rings. The zero-order valence-corrected chi connectivity index (χ0v) is 9.86. The highest BCUT2D eigenvalue weighted by atomic mass is 19.3. The van der Waals surface area contributed by atoms with Gasteiger partial charge in [-0.25, -0.2) is 8.78 Å². The summed E-state index contributed by atoms with van der Waals surface area (Å²) in [4.78, 5) is 4.05. The molecule has 2 N–H and O–H groups in total. The average Bonchev–Trinajstić information content (AvgIpc) is 2.76. The van der Waals surface area contributed by atoms with E-state index in [2.05, 4.69) is 10.1 Å². The van der Waals surface area contributed by atoms with E-state index >= 15 is 0 Å². The lowest BCUT2D eigenvalue weighted by Gasteiger charge is -2.09. The van der Waals surface area contributed by atoms with Crippen LogP contribution in [0.3, 0.4) is 0 Å². The molecule has 6 heteroatoms. The first-order valence-electron chi connectivity index (χ1n) is 5.48. The third-order valence-electron chi connectivity index (χ3n) is 2.37. The van der Waals surface area contributed by atoms with E-state index in [9.17, 15) is 8.78 Å². The molecule has 0 aliphatic rings. The minimum atomic E-state index is -2.71. The van der Waals surface area contributed by atoms with E-state index in [1.54, 1.807) is 24.3 Å². The number of hydrogen-bond donors (Lipinski definition) is 1. The molecule has 1 heterocycles. The van der Waals surface area contributed by atoms with E-state index in [1.165, 1.54) is 0 Å². The Morgan fingerprint density at radius 2 is 1.94 bits per heavy atom. The average molecular weight is 253 g/mol. The van der Waals surface area contributed by atoms with Crippen molar-refractivity contribution in [2.75, 3.05) is 0 Å². The summed E-state index contributed by atoms with van der Waals surface area (Å²) in [6.07, 6.45) is -0.284. The van der Waals surface area contributed by atoms with Gasteiger partial charge in [-0.3, -0.25) is 0 Å². The highest BCUT2D eigenvalue weighted by molar-refractivity contribution is 5.54. The molecular formula is C12H13F2N3O. The Bertz CT molecular complexity index is 517. The normalized spacial score (nSPS) is 11.8. The van der Waals surface area contributed by atoms with Crippen LogP contribution in [-0.2, 0) is 13.0 Å². The van der Waals surface area contributed by atoms with E-state index in [0.717, 1.165) is 6.92 Å². The number of nitrogens with zero attached hydrogens (tertiary/aromatic N) is 2. The Labute approximate surface area is 103 Å². The third kappa shape index (κ3) is 3.10. The van der Waals surface area contributed by atoms with Crippen molar-refractivity contribution in [3.8, 4) is 11.4 Å². The summed E-state index contributed by atoms with van der Waals surface area (Å²) >= 11 is 0. The van der Waals surface area contributed by atoms with Gasteiger partial charge in [0.15, 0.2) is 0 Å². The van der Waals surface area contributed by atoms with Crippen LogP contribution < -0.4 is 5.73 Å². The molecule has 0 aliphatic carbocycles. The van der Waals surface area contributed by atoms with Crippen LogP contribution in [0, 0.1) is 0 Å². The summed E-state index contributed by atoms with van der Waals surface area (Å²) in [6.45, 7) is 1.07. The molecule has 0 saturated heterocycles. The lowest BCUT2D eigenvalue weighted by molar-refractivity contribution is 0.0226. The van der Waals surface area contributed by atoms with Gasteiger partial charge in [-0.05, 0) is 12.5 Å². The number of hydrogen-bond acceptors (Lipinski definition) is 4. The molecule has 1 aromatic heterocycles. The van der Waals surface area contributed by atoms with Crippen LogP contribution in [0.15, 0.2) is 28.8 Å². The molecule has 96 valence electrons. The zero-order valence-electron chi connectivity index (χ0n) is 9.86. The highest BCUT2D eigenvalue weighted by Crippen LogP contribution is 2.21. The van der Waals surface area contributed by atoms with E-state index in [4.69, 9.17) is 10.3 Å². The second-order valence-electron chi connectivity index (χ2n) is 4.16. The SMILES string of the molecule is CC(F)(F)Cc1ccc(-c2noc(CN)n2)cc1. The van der Waals surface area contributed by atoms with Crippen LogP contribution in [0.4, 0.5) is 8.78 Å². The fraction of sp³-hybridized carbons (Fsp3) is 0.333. The molecule has 0 bridgehead atoms. The number of aromatic nitrogens is 2. The fourth-order valence-electron chi connectivity index (χ4n) is 1.59. The molecule has 0 aliphatic heterocycles. The van der Waals surface area contributed by atoms with E-state index < -0.39 is 5.92 Å². The standard InChI is InChI=1S/C12H13F2N3O/c1-12(13,14)6-8-2-4-9(5-3-8)11-16-10(7-15)18-17-11/h2-5H,6-7,15H2,1H3. The van der Waals surface area contributed by atoms with Gasteiger partial charge >= 0.3 is 0 Å². The molecule has 0 spiro atoms. The van der Waals surface area contributed by atoms with Crippen LogP contribution in [-0.4, -0.2) is 16.1 Å². The Morgan fingerprint density at radius 1 is 1.28 bits per heavy atom. The molecular weight excluding hydrogens is 240 g/mol. The Kier molecular flexibility index (Phi) is 3.38. The van der Waals surface area contributed by atoms with E-state index in [-0.39, 0.29) is 13.0 Å². The van der Waals surface area contributed by atoms with Gasteiger partial charge in [-0.15, -0.1) is 0 Å². The van der Waals surface area contributed by atoms with Crippen LogP contribution in [0.1, 0.15) is 18.4 Å². The van der Waals surface area contributed by atoms with Crippen molar-refractivity contribution in [1.29, 1.82) is 0 Å². The number of nitrogens with two attached hydrogens (primary N) is 1. The van der Waals surface area contributed by atoms with Gasteiger partial charge in [0.25, 0.3) is 0 Å². The Hall–Kier alpha value is -1.82. The predicted molar refractivity (Wildman–Crippen MR) is 62.0 cm³/mol. The summed E-state index contributed by atoms with van der Waals surface area (Å²) in [6, 6.07) is 6.63. The summed E-state index contributed by atoms with van der Waals surface area (Å²) in [5.74, 6) is -1.96. The molecule has 4 nitrogen and oxygen atoms in total. The molecule has 18 heavy (non-hydrogen) atoms. The molecule has 0 amide bonds. The number of alkyl halides is 2. The summed E-state index contributed by atoms with van der Waals surface area (Å²) in [5.41, 5.74) is 6.63. The quantitative estimate of drug-likeness (QED) is 0.908. The molecule has 0 unspecified atom stereocenters. The van der Waals surface area contributed by atoms with Crippen LogP contribution in [0.2, 0.25) is 0 Å². The Balaban J connectivity index is 2.17. The van der Waals surface area contributed by atoms with Crippen LogP contribution in [0.5, 0.6) is 0 Å². The van der Waals surface area contributed by atoms with Gasteiger partial charge in [-0.1, -0.05) is 29.4 Å². The lowest BCUT2D eigenvalue weighted by atomic mass is 10.1. The van der Waals surface area contributed by atoms with Crippen molar-refractivity contribution < 1.29 is 13.3 Å². The molecule has 0 radical (unpaired) electrons. The van der Waals surface area contributed by atoms with Crippen LogP contribution in [0.25, 0.3) is 11.4 Å². The maximum atomic E-state index is 12.8. The van der Waals surface area contributed by atoms with Crippen molar-refractivity contribution in [3.63, 3.8) is 0 Å². The van der Waals surface area contributed by atoms with Gasteiger partial charge in [0.1, 0.15) is 0 Å². The first kappa shape index (κ1) is 12.6. The first-order chi connectivity index (χ1) is 8.48. The van der Waals surface area contributed by atoms with Gasteiger partial charge in [0.05, 0.1) is 6.54 Å². The Morgan fingerprint density at radius 3 is 2.44 bits per heavy atom. The smallest absolute Gasteiger partial charge is 0.249 e. The van der Waals surface area contributed by atoms with Gasteiger partial charge in [0, 0.05) is 12.0 Å². The minimum absolute atomic E-state index is 0.174. The minimum Gasteiger partial charge on any atom is -0.338 e. The van der Waals surface area contributed by atoms with E-state index in [0.29, 0.717) is 22.8 Å². The fourth-order valence-corrected chi connectivity index (χ4v) is 1.59. The van der Waals surface area contributed by atoms with E-state index in [1.807, 2.05) is 0 Å². The van der Waals surface area contributed by atoms with Crippen molar-refractivity contribution >= 4 is 0 Å². The number of halogens is 2. The molecule has 1 aromatic carbocycles. The number of benzene rings is 1. The summed E-state index contributed by atoms with van der Waals surface area (Å²) in [7, 11) is 0. The second-order valence-corrected chi connectivity index (χ2v) is 4.16. The number of rotatable bonds is 4. The van der Waals surface area contributed by atoms with Crippen molar-refractivity contribution in [1.82, 2.24) is 10.1 Å². The maximum absolute atomic E-state index is 12.8. The predicted octanol–water partition coefficient (Wildman–Crippen LogP) is 2.39. The third-order valence-corrected chi connectivity index (χ3v) is 2.37. The molecule has 2 aromatic rings.